The summed E-state index contributed by atoms with van der Waals surface area (Å²) >= 11 is 4.70. The number of aryl methyl sites for hydroxylation is 1. The highest BCUT2D eigenvalue weighted by atomic mass is 79.9. The van der Waals surface area contributed by atoms with Gasteiger partial charge in [0.15, 0.2) is 11.0 Å². The molecule has 5 nitrogen and oxygen atoms in total. The second kappa shape index (κ2) is 9.16. The fourth-order valence-electron chi connectivity index (χ4n) is 2.59. The van der Waals surface area contributed by atoms with Crippen LogP contribution in [0, 0.1) is 12.7 Å². The van der Waals surface area contributed by atoms with E-state index in [2.05, 4.69) is 38.0 Å². The summed E-state index contributed by atoms with van der Waals surface area (Å²) in [5.41, 5.74) is 2.49. The summed E-state index contributed by atoms with van der Waals surface area (Å²) in [5, 5.41) is 11.9. The third kappa shape index (κ3) is 4.88. The predicted molar refractivity (Wildman–Crippen MR) is 114 cm³/mol. The summed E-state index contributed by atoms with van der Waals surface area (Å²) in [6.45, 7) is 6.18. The average molecular weight is 461 g/mol. The van der Waals surface area contributed by atoms with E-state index >= 15 is 0 Å². The molecule has 0 fully saturated rings. The Hall–Kier alpha value is -2.45. The minimum absolute atomic E-state index is 0.132. The summed E-state index contributed by atoms with van der Waals surface area (Å²) in [6.07, 6.45) is 1.73. The van der Waals surface area contributed by atoms with E-state index in [9.17, 15) is 9.18 Å². The van der Waals surface area contributed by atoms with Crippen molar-refractivity contribution in [2.24, 2.45) is 0 Å². The molecule has 1 aromatic heterocycles. The highest BCUT2D eigenvalue weighted by Crippen LogP contribution is 2.25. The van der Waals surface area contributed by atoms with Crippen LogP contribution in [0.25, 0.3) is 11.4 Å². The Bertz CT molecular complexity index is 1000. The summed E-state index contributed by atoms with van der Waals surface area (Å²) in [7, 11) is 0. The molecule has 3 aromatic rings. The summed E-state index contributed by atoms with van der Waals surface area (Å²) in [4.78, 5) is 12.3. The van der Waals surface area contributed by atoms with Crippen molar-refractivity contribution in [2.75, 3.05) is 11.1 Å². The molecule has 0 bridgehead atoms. The number of aromatic nitrogens is 3. The van der Waals surface area contributed by atoms with E-state index in [0.717, 1.165) is 21.3 Å². The Labute approximate surface area is 175 Å². The number of halogens is 2. The number of nitrogens with zero attached hydrogens (tertiary/aromatic N) is 3. The van der Waals surface area contributed by atoms with Gasteiger partial charge >= 0.3 is 0 Å². The molecule has 0 aliphatic heterocycles. The molecule has 0 aliphatic carbocycles. The molecule has 0 aliphatic rings. The molecule has 0 atom stereocenters. The lowest BCUT2D eigenvalue weighted by Crippen LogP contribution is -2.15. The zero-order chi connectivity index (χ0) is 20.1. The van der Waals surface area contributed by atoms with Crippen LogP contribution >= 0.6 is 27.7 Å². The number of hydrogen-bond donors (Lipinski definition) is 1. The molecule has 1 heterocycles. The third-order valence-electron chi connectivity index (χ3n) is 3.93. The number of rotatable bonds is 7. The second-order valence-electron chi connectivity index (χ2n) is 6.01. The van der Waals surface area contributed by atoms with Gasteiger partial charge in [0.1, 0.15) is 5.82 Å². The van der Waals surface area contributed by atoms with Gasteiger partial charge in [-0.3, -0.25) is 9.36 Å². The fourth-order valence-corrected chi connectivity index (χ4v) is 3.81. The first-order chi connectivity index (χ1) is 13.5. The molecule has 2 aromatic carbocycles. The predicted octanol–water partition coefficient (Wildman–Crippen LogP) is 5.07. The first-order valence-corrected chi connectivity index (χ1v) is 10.2. The van der Waals surface area contributed by atoms with Crippen molar-refractivity contribution in [2.45, 2.75) is 18.6 Å². The van der Waals surface area contributed by atoms with Crippen LogP contribution in [0.15, 0.2) is 64.7 Å². The van der Waals surface area contributed by atoms with E-state index in [4.69, 9.17) is 0 Å². The topological polar surface area (TPSA) is 59.8 Å². The Morgan fingerprint density at radius 2 is 2.04 bits per heavy atom. The van der Waals surface area contributed by atoms with Crippen LogP contribution in [-0.2, 0) is 11.3 Å². The van der Waals surface area contributed by atoms with Crippen LogP contribution in [0.5, 0.6) is 0 Å². The van der Waals surface area contributed by atoms with Gasteiger partial charge in [0.2, 0.25) is 5.91 Å². The molecule has 0 saturated carbocycles. The first kappa shape index (κ1) is 20.3. The fraction of sp³-hybridized carbons (Fsp3) is 0.150. The molecule has 0 saturated heterocycles. The quantitative estimate of drug-likeness (QED) is 0.394. The van der Waals surface area contributed by atoms with Gasteiger partial charge in [-0.15, -0.1) is 16.8 Å². The first-order valence-electron chi connectivity index (χ1n) is 8.46. The van der Waals surface area contributed by atoms with Crippen molar-refractivity contribution in [3.63, 3.8) is 0 Å². The van der Waals surface area contributed by atoms with Gasteiger partial charge in [0, 0.05) is 22.3 Å². The van der Waals surface area contributed by atoms with Gasteiger partial charge in [-0.05, 0) is 55.0 Å². The molecule has 8 heteroatoms. The lowest BCUT2D eigenvalue weighted by molar-refractivity contribution is -0.113. The highest BCUT2D eigenvalue weighted by Gasteiger charge is 2.15. The number of allylic oxidation sites excluding steroid dienone is 1. The van der Waals surface area contributed by atoms with Crippen LogP contribution in [0.3, 0.4) is 0 Å². The van der Waals surface area contributed by atoms with Gasteiger partial charge in [0.05, 0.1) is 5.75 Å². The van der Waals surface area contributed by atoms with E-state index in [1.165, 1.54) is 23.9 Å². The van der Waals surface area contributed by atoms with Gasteiger partial charge in [-0.1, -0.05) is 33.8 Å². The van der Waals surface area contributed by atoms with E-state index < -0.39 is 0 Å². The van der Waals surface area contributed by atoms with Crippen molar-refractivity contribution in [3.05, 3.63) is 71.0 Å². The van der Waals surface area contributed by atoms with Gasteiger partial charge < -0.3 is 5.32 Å². The Morgan fingerprint density at radius 1 is 1.29 bits per heavy atom. The minimum Gasteiger partial charge on any atom is -0.325 e. The Morgan fingerprint density at radius 3 is 2.71 bits per heavy atom. The summed E-state index contributed by atoms with van der Waals surface area (Å²) in [6, 6.07) is 11.7. The monoisotopic (exact) mass is 460 g/mol. The van der Waals surface area contributed by atoms with E-state index in [1.807, 2.05) is 29.7 Å². The number of hydrogen-bond acceptors (Lipinski definition) is 4. The molecule has 0 unspecified atom stereocenters. The number of benzene rings is 2. The lowest BCUT2D eigenvalue weighted by Gasteiger charge is -2.10. The van der Waals surface area contributed by atoms with Crippen LogP contribution in [-0.4, -0.2) is 26.4 Å². The van der Waals surface area contributed by atoms with Crippen LogP contribution < -0.4 is 5.32 Å². The third-order valence-corrected chi connectivity index (χ3v) is 5.39. The molecular formula is C20H18BrFN4OS. The lowest BCUT2D eigenvalue weighted by atomic mass is 10.2. The molecule has 1 N–H and O–H groups in total. The van der Waals surface area contributed by atoms with Crippen molar-refractivity contribution in [3.8, 4) is 11.4 Å². The molecule has 1 amide bonds. The zero-order valence-electron chi connectivity index (χ0n) is 15.2. The number of amides is 1. The number of carbonyl (C=O) groups excluding carboxylic acids is 1. The van der Waals surface area contributed by atoms with Gasteiger partial charge in [0.25, 0.3) is 0 Å². The molecule has 0 spiro atoms. The number of anilines is 1. The maximum Gasteiger partial charge on any atom is 0.234 e. The Kier molecular flexibility index (Phi) is 6.64. The number of thioether (sulfide) groups is 1. The second-order valence-corrected chi connectivity index (χ2v) is 7.87. The molecule has 144 valence electrons. The van der Waals surface area contributed by atoms with Gasteiger partial charge in [-0.25, -0.2) is 4.39 Å². The van der Waals surface area contributed by atoms with Crippen molar-refractivity contribution in [1.82, 2.24) is 14.8 Å². The summed E-state index contributed by atoms with van der Waals surface area (Å²) in [5.74, 6) is 0.347. The van der Waals surface area contributed by atoms with Crippen molar-refractivity contribution < 1.29 is 9.18 Å². The van der Waals surface area contributed by atoms with Crippen molar-refractivity contribution in [1.29, 1.82) is 0 Å². The van der Waals surface area contributed by atoms with E-state index in [1.54, 1.807) is 18.2 Å². The smallest absolute Gasteiger partial charge is 0.234 e. The number of carbonyl (C=O) groups is 1. The highest BCUT2D eigenvalue weighted by molar-refractivity contribution is 9.10. The van der Waals surface area contributed by atoms with Crippen LogP contribution in [0.1, 0.15) is 5.56 Å². The summed E-state index contributed by atoms with van der Waals surface area (Å²) < 4.78 is 16.0. The van der Waals surface area contributed by atoms with E-state index in [0.29, 0.717) is 17.5 Å². The SMILES string of the molecule is C=CCn1c(SCC(=O)Nc2ccc(Br)cc2C)nnc1-c1ccc(F)cc1. The maximum atomic E-state index is 13.2. The normalized spacial score (nSPS) is 10.7. The number of nitrogens with one attached hydrogen (secondary N) is 1. The zero-order valence-corrected chi connectivity index (χ0v) is 17.6. The van der Waals surface area contributed by atoms with Gasteiger partial charge in [-0.2, -0.15) is 0 Å². The average Bonchev–Trinajstić information content (AvgIpc) is 3.06. The molecule has 3 rings (SSSR count). The van der Waals surface area contributed by atoms with Crippen molar-refractivity contribution >= 4 is 39.3 Å². The van der Waals surface area contributed by atoms with E-state index in [-0.39, 0.29) is 17.5 Å². The van der Waals surface area contributed by atoms with Crippen LogP contribution in [0.4, 0.5) is 10.1 Å². The maximum absolute atomic E-state index is 13.2. The largest absolute Gasteiger partial charge is 0.325 e. The minimum atomic E-state index is -0.312. The van der Waals surface area contributed by atoms with Crippen LogP contribution in [0.2, 0.25) is 0 Å². The molecule has 0 radical (unpaired) electrons. The standard InChI is InChI=1S/C20H18BrFN4OS/c1-3-10-26-19(14-4-7-16(22)8-5-14)24-25-20(26)28-12-18(27)23-17-9-6-15(21)11-13(17)2/h3-9,11H,1,10,12H2,2H3,(H,23,27). The molecule has 28 heavy (non-hydrogen) atoms. The molecular weight excluding hydrogens is 443 g/mol. The Balaban J connectivity index is 1.72.